The predicted octanol–water partition coefficient (Wildman–Crippen LogP) is 0.959. The summed E-state index contributed by atoms with van der Waals surface area (Å²) >= 11 is 0. The minimum Gasteiger partial charge on any atom is -0.482 e. The molecule has 0 bridgehead atoms. The zero-order valence-electron chi connectivity index (χ0n) is 7.69. The lowest BCUT2D eigenvalue weighted by Crippen LogP contribution is -2.41. The van der Waals surface area contributed by atoms with Crippen LogP contribution in [0.25, 0.3) is 0 Å². The lowest BCUT2D eigenvalue weighted by atomic mass is 10.2. The van der Waals surface area contributed by atoms with Crippen LogP contribution in [0.2, 0.25) is 0 Å². The third kappa shape index (κ3) is 1.25. The molecule has 1 aromatic carbocycles. The van der Waals surface area contributed by atoms with E-state index < -0.39 is 0 Å². The molecule has 2 amide bonds. The summed E-state index contributed by atoms with van der Waals surface area (Å²) in [6.45, 7) is 1.29. The van der Waals surface area contributed by atoms with Crippen LogP contribution >= 0.6 is 0 Å². The number of hydrogen-bond acceptors (Lipinski definition) is 3. The van der Waals surface area contributed by atoms with Gasteiger partial charge in [0.05, 0.1) is 5.69 Å². The number of carbonyl (C=O) groups is 2. The van der Waals surface area contributed by atoms with Gasteiger partial charge in [0.15, 0.2) is 6.61 Å². The number of imide groups is 1. The van der Waals surface area contributed by atoms with Crippen molar-refractivity contribution in [3.05, 3.63) is 24.3 Å². The Bertz CT molecular complexity index is 400. The molecule has 0 spiro atoms. The molecule has 1 aliphatic heterocycles. The number of nitrogens with zero attached hydrogens (tertiary/aromatic N) is 1. The maximum Gasteiger partial charge on any atom is 0.271 e. The minimum absolute atomic E-state index is 0.0728. The molecule has 4 nitrogen and oxygen atoms in total. The fraction of sp³-hybridized carbons (Fsp3) is 0.200. The summed E-state index contributed by atoms with van der Waals surface area (Å²) in [5, 5.41) is 0. The summed E-state index contributed by atoms with van der Waals surface area (Å²) in [5.41, 5.74) is 0.524. The van der Waals surface area contributed by atoms with Gasteiger partial charge in [0.1, 0.15) is 5.75 Å². The van der Waals surface area contributed by atoms with Gasteiger partial charge in [-0.3, -0.25) is 9.59 Å². The highest BCUT2D eigenvalue weighted by atomic mass is 16.5. The molecule has 1 aromatic rings. The second kappa shape index (κ2) is 3.14. The molecule has 0 saturated carbocycles. The number of benzene rings is 1. The molecule has 0 N–H and O–H groups in total. The fourth-order valence-corrected chi connectivity index (χ4v) is 1.45. The number of amides is 2. The van der Waals surface area contributed by atoms with Crippen LogP contribution in [0.3, 0.4) is 0 Å². The Kier molecular flexibility index (Phi) is 1.96. The lowest BCUT2D eigenvalue weighted by molar-refractivity contribution is -0.127. The highest BCUT2D eigenvalue weighted by Gasteiger charge is 2.27. The lowest BCUT2D eigenvalue weighted by Gasteiger charge is -2.26. The number of anilines is 1. The number of para-hydroxylation sites is 2. The van der Waals surface area contributed by atoms with Gasteiger partial charge in [-0.1, -0.05) is 12.1 Å². The van der Waals surface area contributed by atoms with Crippen molar-refractivity contribution in [2.24, 2.45) is 0 Å². The third-order valence-corrected chi connectivity index (χ3v) is 2.02. The SMILES string of the molecule is CC(=O)N1C(=O)COc2ccccc21. The molecule has 0 aromatic heterocycles. The average Bonchev–Trinajstić information content (AvgIpc) is 2.17. The average molecular weight is 191 g/mol. The van der Waals surface area contributed by atoms with Crippen LogP contribution in [0.15, 0.2) is 24.3 Å². The monoisotopic (exact) mass is 191 g/mol. The molecule has 1 heterocycles. The molecule has 0 saturated heterocycles. The molecule has 0 atom stereocenters. The van der Waals surface area contributed by atoms with E-state index in [1.807, 2.05) is 0 Å². The van der Waals surface area contributed by atoms with E-state index in [1.165, 1.54) is 6.92 Å². The van der Waals surface area contributed by atoms with Gasteiger partial charge in [0.25, 0.3) is 5.91 Å². The Hall–Kier alpha value is -1.84. The van der Waals surface area contributed by atoms with E-state index in [0.29, 0.717) is 11.4 Å². The van der Waals surface area contributed by atoms with E-state index in [2.05, 4.69) is 0 Å². The summed E-state index contributed by atoms with van der Waals surface area (Å²) in [7, 11) is 0. The number of ether oxygens (including phenoxy) is 1. The third-order valence-electron chi connectivity index (χ3n) is 2.02. The van der Waals surface area contributed by atoms with Gasteiger partial charge in [-0.15, -0.1) is 0 Å². The first-order valence-corrected chi connectivity index (χ1v) is 4.25. The quantitative estimate of drug-likeness (QED) is 0.613. The first kappa shape index (κ1) is 8.74. The molecule has 0 aliphatic carbocycles. The molecular formula is C10H9NO3. The van der Waals surface area contributed by atoms with Gasteiger partial charge in [0, 0.05) is 6.92 Å². The van der Waals surface area contributed by atoms with Gasteiger partial charge in [-0.2, -0.15) is 0 Å². The van der Waals surface area contributed by atoms with Crippen molar-refractivity contribution in [3.8, 4) is 5.75 Å². The van der Waals surface area contributed by atoms with Gasteiger partial charge < -0.3 is 4.74 Å². The van der Waals surface area contributed by atoms with Crippen LogP contribution in [-0.2, 0) is 9.59 Å². The van der Waals surface area contributed by atoms with E-state index in [9.17, 15) is 9.59 Å². The van der Waals surface area contributed by atoms with Crippen LogP contribution in [-0.4, -0.2) is 18.4 Å². The van der Waals surface area contributed by atoms with Crippen molar-refractivity contribution in [2.45, 2.75) is 6.92 Å². The Morgan fingerprint density at radius 3 is 2.86 bits per heavy atom. The van der Waals surface area contributed by atoms with Crippen LogP contribution in [0, 0.1) is 0 Å². The van der Waals surface area contributed by atoms with Gasteiger partial charge in [-0.25, -0.2) is 4.90 Å². The van der Waals surface area contributed by atoms with E-state index in [0.717, 1.165) is 4.90 Å². The molecule has 14 heavy (non-hydrogen) atoms. The zero-order chi connectivity index (χ0) is 10.1. The van der Waals surface area contributed by atoms with Crippen molar-refractivity contribution in [2.75, 3.05) is 11.5 Å². The topological polar surface area (TPSA) is 46.6 Å². The van der Waals surface area contributed by atoms with E-state index in [-0.39, 0.29) is 18.4 Å². The standard InChI is InChI=1S/C10H9NO3/c1-7(12)11-8-4-2-3-5-9(8)14-6-10(11)13/h2-5H,6H2,1H3. The highest BCUT2D eigenvalue weighted by molar-refractivity contribution is 6.16. The largest absolute Gasteiger partial charge is 0.482 e. The van der Waals surface area contributed by atoms with Gasteiger partial charge in [0.2, 0.25) is 5.91 Å². The summed E-state index contributed by atoms with van der Waals surface area (Å²) in [6.07, 6.45) is 0. The van der Waals surface area contributed by atoms with Gasteiger partial charge >= 0.3 is 0 Å². The van der Waals surface area contributed by atoms with Crippen LogP contribution in [0.1, 0.15) is 6.92 Å². The van der Waals surface area contributed by atoms with E-state index in [4.69, 9.17) is 4.74 Å². The molecule has 1 aliphatic rings. The summed E-state index contributed by atoms with van der Waals surface area (Å²) in [4.78, 5) is 23.7. The molecule has 0 unspecified atom stereocenters. The first-order valence-electron chi connectivity index (χ1n) is 4.25. The Morgan fingerprint density at radius 2 is 2.14 bits per heavy atom. The zero-order valence-corrected chi connectivity index (χ0v) is 7.69. The Balaban J connectivity index is 2.51. The number of carbonyl (C=O) groups excluding carboxylic acids is 2. The molecule has 2 rings (SSSR count). The van der Waals surface area contributed by atoms with E-state index >= 15 is 0 Å². The van der Waals surface area contributed by atoms with Crippen molar-refractivity contribution in [1.82, 2.24) is 0 Å². The van der Waals surface area contributed by atoms with Crippen molar-refractivity contribution in [3.63, 3.8) is 0 Å². The highest BCUT2D eigenvalue weighted by Crippen LogP contribution is 2.31. The molecular weight excluding hydrogens is 182 g/mol. The second-order valence-corrected chi connectivity index (χ2v) is 3.00. The van der Waals surface area contributed by atoms with Crippen LogP contribution in [0.5, 0.6) is 5.75 Å². The molecule has 0 radical (unpaired) electrons. The number of rotatable bonds is 0. The second-order valence-electron chi connectivity index (χ2n) is 3.00. The molecule has 4 heteroatoms. The fourth-order valence-electron chi connectivity index (χ4n) is 1.45. The predicted molar refractivity (Wildman–Crippen MR) is 50.1 cm³/mol. The maximum absolute atomic E-state index is 11.4. The van der Waals surface area contributed by atoms with Crippen LogP contribution < -0.4 is 9.64 Å². The minimum atomic E-state index is -0.323. The first-order chi connectivity index (χ1) is 6.70. The summed E-state index contributed by atoms with van der Waals surface area (Å²) in [6, 6.07) is 6.98. The number of fused-ring (bicyclic) bond motifs is 1. The Morgan fingerprint density at radius 1 is 1.43 bits per heavy atom. The Labute approximate surface area is 81.1 Å². The number of hydrogen-bond donors (Lipinski definition) is 0. The molecule has 0 fully saturated rings. The smallest absolute Gasteiger partial charge is 0.271 e. The maximum atomic E-state index is 11.4. The van der Waals surface area contributed by atoms with Crippen molar-refractivity contribution >= 4 is 17.5 Å². The van der Waals surface area contributed by atoms with E-state index in [1.54, 1.807) is 24.3 Å². The van der Waals surface area contributed by atoms with Crippen molar-refractivity contribution < 1.29 is 14.3 Å². The summed E-state index contributed by atoms with van der Waals surface area (Å²) < 4.78 is 5.17. The molecule has 72 valence electrons. The van der Waals surface area contributed by atoms with Gasteiger partial charge in [-0.05, 0) is 12.1 Å². The summed E-state index contributed by atoms with van der Waals surface area (Å²) in [5.74, 6) is -0.0377. The van der Waals surface area contributed by atoms with Crippen molar-refractivity contribution in [1.29, 1.82) is 0 Å². The normalized spacial score (nSPS) is 14.6. The van der Waals surface area contributed by atoms with Crippen LogP contribution in [0.4, 0.5) is 5.69 Å².